The van der Waals surface area contributed by atoms with E-state index in [1.54, 1.807) is 18.3 Å². The van der Waals surface area contributed by atoms with Crippen LogP contribution in [0.1, 0.15) is 5.56 Å². The molecule has 0 unspecified atom stereocenters. The lowest BCUT2D eigenvalue weighted by Crippen LogP contribution is -2.02. The van der Waals surface area contributed by atoms with Gasteiger partial charge >= 0.3 is 0 Å². The van der Waals surface area contributed by atoms with Crippen molar-refractivity contribution in [3.05, 3.63) is 89.9 Å². The van der Waals surface area contributed by atoms with Crippen molar-refractivity contribution in [1.82, 2.24) is 24.5 Å². The molecule has 7 nitrogen and oxygen atoms in total. The van der Waals surface area contributed by atoms with E-state index in [0.29, 0.717) is 51.5 Å². The predicted octanol–water partition coefficient (Wildman–Crippen LogP) is 5.42. The Morgan fingerprint density at radius 2 is 1.72 bits per heavy atom. The van der Waals surface area contributed by atoms with Crippen molar-refractivity contribution in [1.29, 1.82) is 0 Å². The first-order valence-corrected chi connectivity index (χ1v) is 10.3. The van der Waals surface area contributed by atoms with Gasteiger partial charge in [0.1, 0.15) is 17.0 Å². The van der Waals surface area contributed by atoms with Crippen molar-refractivity contribution in [3.63, 3.8) is 0 Å². The molecule has 154 valence electrons. The highest BCUT2D eigenvalue weighted by Gasteiger charge is 2.19. The topological polar surface area (TPSA) is 86.9 Å². The first kappa shape index (κ1) is 19.7. The van der Waals surface area contributed by atoms with Crippen LogP contribution in [0.3, 0.4) is 0 Å². The zero-order valence-corrected chi connectivity index (χ0v) is 17.5. The van der Waals surface area contributed by atoms with Gasteiger partial charge in [0.05, 0.1) is 5.56 Å². The Hall–Kier alpha value is -4.28. The molecule has 5 aromatic rings. The average molecular weight is 438 g/mol. The van der Waals surface area contributed by atoms with E-state index in [4.69, 9.17) is 33.9 Å². The Balaban J connectivity index is 1.78. The first-order chi connectivity index (χ1) is 15.7. The Morgan fingerprint density at radius 1 is 0.906 bits per heavy atom. The van der Waals surface area contributed by atoms with Gasteiger partial charge in [0.15, 0.2) is 17.2 Å². The van der Waals surface area contributed by atoms with Gasteiger partial charge in [0.25, 0.3) is 5.82 Å². The van der Waals surface area contributed by atoms with Gasteiger partial charge < -0.3 is 10.6 Å². The highest BCUT2D eigenvalue weighted by Crippen LogP contribution is 2.31. The molecular formula is C24H16ClN7. The minimum atomic E-state index is 0.318. The van der Waals surface area contributed by atoms with Crippen LogP contribution in [0, 0.1) is 6.57 Å². The number of rotatable bonds is 4. The summed E-state index contributed by atoms with van der Waals surface area (Å²) in [6.07, 6.45) is 1.65. The molecule has 0 aliphatic rings. The van der Waals surface area contributed by atoms with Gasteiger partial charge in [0.2, 0.25) is 0 Å². The standard InChI is InChI=1S/C24H16ClN7/c1-27-21-6-2-5-18(29-21)19-11-12-20-24(30-19)32(16-9-7-15(14-25)8-10-16)23(31-20)17-4-3-13-28-22(17)26/h2-13H,14H2,(H2,26,28). The minimum absolute atomic E-state index is 0.318. The molecule has 32 heavy (non-hydrogen) atoms. The summed E-state index contributed by atoms with van der Waals surface area (Å²) in [4.78, 5) is 21.7. The Labute approximate surface area is 189 Å². The van der Waals surface area contributed by atoms with Gasteiger partial charge in [-0.05, 0) is 54.1 Å². The lowest BCUT2D eigenvalue weighted by Gasteiger charge is -2.11. The third-order valence-corrected chi connectivity index (χ3v) is 5.35. The average Bonchev–Trinajstić information content (AvgIpc) is 3.23. The third-order valence-electron chi connectivity index (χ3n) is 5.04. The van der Waals surface area contributed by atoms with Crippen LogP contribution in [0.4, 0.5) is 11.6 Å². The largest absolute Gasteiger partial charge is 0.383 e. The lowest BCUT2D eigenvalue weighted by atomic mass is 10.2. The molecule has 1 aromatic carbocycles. The number of halogens is 1. The molecule has 8 heteroatoms. The zero-order chi connectivity index (χ0) is 22.1. The number of hydrogen-bond acceptors (Lipinski definition) is 5. The maximum Gasteiger partial charge on any atom is 0.270 e. The minimum Gasteiger partial charge on any atom is -0.383 e. The van der Waals surface area contributed by atoms with E-state index in [-0.39, 0.29) is 0 Å². The van der Waals surface area contributed by atoms with Crippen LogP contribution in [0.5, 0.6) is 0 Å². The quantitative estimate of drug-likeness (QED) is 0.300. The molecule has 0 saturated carbocycles. The monoisotopic (exact) mass is 437 g/mol. The van der Waals surface area contributed by atoms with Crippen LogP contribution in [0.25, 0.3) is 44.5 Å². The van der Waals surface area contributed by atoms with Crippen molar-refractivity contribution in [2.75, 3.05) is 5.73 Å². The predicted molar refractivity (Wildman–Crippen MR) is 126 cm³/mol. The number of nitrogen functional groups attached to an aromatic ring is 1. The molecule has 2 N–H and O–H groups in total. The van der Waals surface area contributed by atoms with E-state index in [9.17, 15) is 0 Å². The second kappa shape index (κ2) is 8.10. The van der Waals surface area contributed by atoms with Crippen LogP contribution >= 0.6 is 11.6 Å². The number of anilines is 1. The van der Waals surface area contributed by atoms with Crippen molar-refractivity contribution < 1.29 is 0 Å². The molecule has 4 aromatic heterocycles. The number of aromatic nitrogens is 5. The fourth-order valence-electron chi connectivity index (χ4n) is 3.49. The molecule has 0 spiro atoms. The van der Waals surface area contributed by atoms with Gasteiger partial charge in [0, 0.05) is 17.8 Å². The lowest BCUT2D eigenvalue weighted by molar-refractivity contribution is 1.07. The van der Waals surface area contributed by atoms with E-state index in [0.717, 1.165) is 11.3 Å². The second-order valence-electron chi connectivity index (χ2n) is 7.04. The molecule has 0 bridgehead atoms. The number of fused-ring (bicyclic) bond motifs is 1. The Morgan fingerprint density at radius 3 is 2.47 bits per heavy atom. The molecule has 0 aliphatic heterocycles. The van der Waals surface area contributed by atoms with Crippen LogP contribution in [-0.2, 0) is 5.88 Å². The zero-order valence-electron chi connectivity index (χ0n) is 16.8. The molecule has 0 aliphatic carbocycles. The molecule has 5 rings (SSSR count). The summed E-state index contributed by atoms with van der Waals surface area (Å²) in [5.41, 5.74) is 11.4. The highest BCUT2D eigenvalue weighted by atomic mass is 35.5. The van der Waals surface area contributed by atoms with Crippen molar-refractivity contribution in [3.8, 4) is 28.5 Å². The number of nitrogens with zero attached hydrogens (tertiary/aromatic N) is 6. The van der Waals surface area contributed by atoms with Crippen LogP contribution < -0.4 is 5.73 Å². The van der Waals surface area contributed by atoms with Crippen LogP contribution in [-0.4, -0.2) is 24.5 Å². The van der Waals surface area contributed by atoms with Crippen molar-refractivity contribution >= 4 is 34.4 Å². The van der Waals surface area contributed by atoms with E-state index in [1.807, 2.05) is 59.2 Å². The molecule has 0 saturated heterocycles. The number of hydrogen-bond donors (Lipinski definition) is 1. The fourth-order valence-corrected chi connectivity index (χ4v) is 3.67. The van der Waals surface area contributed by atoms with Crippen molar-refractivity contribution in [2.24, 2.45) is 0 Å². The fraction of sp³-hybridized carbons (Fsp3) is 0.0417. The normalized spacial score (nSPS) is 10.9. The van der Waals surface area contributed by atoms with Gasteiger partial charge in [-0.2, -0.15) is 0 Å². The smallest absolute Gasteiger partial charge is 0.270 e. The van der Waals surface area contributed by atoms with Gasteiger partial charge in [-0.15, -0.1) is 16.6 Å². The Kier molecular flexibility index (Phi) is 4.98. The van der Waals surface area contributed by atoms with Gasteiger partial charge in [-0.25, -0.2) is 15.0 Å². The summed E-state index contributed by atoms with van der Waals surface area (Å²) in [5.74, 6) is 1.77. The van der Waals surface area contributed by atoms with Crippen molar-refractivity contribution in [2.45, 2.75) is 5.88 Å². The van der Waals surface area contributed by atoms with E-state index in [2.05, 4.69) is 14.8 Å². The molecule has 0 atom stereocenters. The summed E-state index contributed by atoms with van der Waals surface area (Å²) >= 11 is 5.98. The van der Waals surface area contributed by atoms with Crippen LogP contribution in [0.2, 0.25) is 0 Å². The number of benzene rings is 1. The molecule has 0 fully saturated rings. The number of imidazole rings is 1. The molecular weight excluding hydrogens is 422 g/mol. The van der Waals surface area contributed by atoms with Gasteiger partial charge in [-0.1, -0.05) is 24.8 Å². The maximum absolute atomic E-state index is 7.23. The maximum atomic E-state index is 7.23. The summed E-state index contributed by atoms with van der Waals surface area (Å²) in [7, 11) is 0. The number of alkyl halides is 1. The third kappa shape index (κ3) is 3.43. The van der Waals surface area contributed by atoms with E-state index < -0.39 is 0 Å². The van der Waals surface area contributed by atoms with E-state index >= 15 is 0 Å². The first-order valence-electron chi connectivity index (χ1n) is 9.78. The van der Waals surface area contributed by atoms with Gasteiger partial charge in [-0.3, -0.25) is 4.57 Å². The Bertz CT molecular complexity index is 1480. The highest BCUT2D eigenvalue weighted by molar-refractivity contribution is 6.17. The van der Waals surface area contributed by atoms with E-state index in [1.165, 1.54) is 0 Å². The molecule has 0 radical (unpaired) electrons. The summed E-state index contributed by atoms with van der Waals surface area (Å²) in [6, 6.07) is 20.6. The second-order valence-corrected chi connectivity index (χ2v) is 7.31. The molecule has 0 amide bonds. The number of nitrogens with two attached hydrogens (primary N) is 1. The SMILES string of the molecule is [C-]#[N+]c1cccc(-c2ccc3nc(-c4cccnc4N)n(-c4ccc(CCl)cc4)c3n2)n1. The summed E-state index contributed by atoms with van der Waals surface area (Å²) < 4.78 is 1.95. The summed E-state index contributed by atoms with van der Waals surface area (Å²) in [5, 5.41) is 0. The molecule has 4 heterocycles. The number of pyridine rings is 3. The summed E-state index contributed by atoms with van der Waals surface area (Å²) in [6.45, 7) is 7.23. The van der Waals surface area contributed by atoms with Crippen LogP contribution in [0.15, 0.2) is 72.9 Å².